The topological polar surface area (TPSA) is 56.5 Å². The first-order chi connectivity index (χ1) is 18.2. The summed E-state index contributed by atoms with van der Waals surface area (Å²) in [4.78, 5) is 26.5. The maximum absolute atomic E-state index is 13.5. The second kappa shape index (κ2) is 10.3. The molecule has 0 spiro atoms. The van der Waals surface area contributed by atoms with Crippen molar-refractivity contribution in [2.24, 2.45) is 0 Å². The fourth-order valence-electron chi connectivity index (χ4n) is 4.29. The van der Waals surface area contributed by atoms with Crippen LogP contribution in [0.5, 0.6) is 5.75 Å². The molecule has 0 atom stereocenters. The van der Waals surface area contributed by atoms with Crippen molar-refractivity contribution in [3.8, 4) is 28.2 Å². The molecule has 0 amide bonds. The number of benzene rings is 4. The molecule has 0 saturated heterocycles. The van der Waals surface area contributed by atoms with Crippen molar-refractivity contribution in [1.82, 2.24) is 0 Å². The van der Waals surface area contributed by atoms with Crippen LogP contribution in [0.4, 0.5) is 0 Å². The molecule has 0 aliphatic carbocycles. The van der Waals surface area contributed by atoms with Crippen LogP contribution in [0.3, 0.4) is 0 Å². The third-order valence-corrected chi connectivity index (χ3v) is 6.72. The maximum atomic E-state index is 13.5. The molecule has 0 radical (unpaired) electrons. The summed E-state index contributed by atoms with van der Waals surface area (Å²) in [6.07, 6.45) is 0. The summed E-state index contributed by atoms with van der Waals surface area (Å²) in [5, 5.41) is 0.704. The first kappa shape index (κ1) is 25.5. The number of ketones is 1. The van der Waals surface area contributed by atoms with Gasteiger partial charge in [0.2, 0.25) is 11.2 Å². The maximum Gasteiger partial charge on any atom is 0.235 e. The van der Waals surface area contributed by atoms with Crippen LogP contribution in [-0.2, 0) is 5.41 Å². The quantitative estimate of drug-likeness (QED) is 0.210. The Hall–Kier alpha value is -4.15. The lowest BCUT2D eigenvalue weighted by Gasteiger charge is -2.19. The Kier molecular flexibility index (Phi) is 6.92. The number of carbonyl (C=O) groups excluding carboxylic acids is 1. The zero-order chi connectivity index (χ0) is 26.9. The van der Waals surface area contributed by atoms with Gasteiger partial charge in [-0.2, -0.15) is 0 Å². The van der Waals surface area contributed by atoms with Crippen molar-refractivity contribution in [2.75, 3.05) is 6.61 Å². The molecule has 5 aromatic rings. The first-order valence-electron chi connectivity index (χ1n) is 12.4. The van der Waals surface area contributed by atoms with Gasteiger partial charge in [0, 0.05) is 16.1 Å². The molecule has 0 fully saturated rings. The molecule has 0 aliphatic rings. The molecule has 38 heavy (non-hydrogen) atoms. The molecule has 0 unspecified atom stereocenters. The molecule has 1 heterocycles. The summed E-state index contributed by atoms with van der Waals surface area (Å²) >= 11 is 6.15. The lowest BCUT2D eigenvalue weighted by atomic mass is 9.86. The summed E-state index contributed by atoms with van der Waals surface area (Å²) in [5.74, 6) is 0.0132. The third-order valence-electron chi connectivity index (χ3n) is 6.49. The molecular formula is C33H27ClO4. The normalized spacial score (nSPS) is 11.5. The second-order valence-electron chi connectivity index (χ2n) is 10.2. The molecule has 4 aromatic carbocycles. The standard InChI is InChI=1S/C33H27ClO4/c1-33(2,3)25-15-13-24(14-16-25)31-32(30(36)27-19-26(34)17-18-29(27)38-31)37-20-28(35)23-11-9-22(10-12-23)21-7-5-4-6-8-21/h4-19H,20H2,1-3H3. The van der Waals surface area contributed by atoms with Gasteiger partial charge in [0.15, 0.2) is 18.2 Å². The van der Waals surface area contributed by atoms with Crippen LogP contribution in [0, 0.1) is 0 Å². The van der Waals surface area contributed by atoms with Gasteiger partial charge in [0.1, 0.15) is 5.58 Å². The van der Waals surface area contributed by atoms with Crippen LogP contribution < -0.4 is 10.2 Å². The number of hydrogen-bond donors (Lipinski definition) is 0. The fourth-order valence-corrected chi connectivity index (χ4v) is 4.47. The Bertz CT molecular complexity index is 1660. The molecule has 0 N–H and O–H groups in total. The number of fused-ring (bicyclic) bond motifs is 1. The van der Waals surface area contributed by atoms with Gasteiger partial charge < -0.3 is 9.15 Å². The number of carbonyl (C=O) groups is 1. The molecule has 4 nitrogen and oxygen atoms in total. The monoisotopic (exact) mass is 522 g/mol. The highest BCUT2D eigenvalue weighted by Crippen LogP contribution is 2.33. The predicted molar refractivity (Wildman–Crippen MR) is 153 cm³/mol. The van der Waals surface area contributed by atoms with E-state index in [1.165, 1.54) is 0 Å². The minimum Gasteiger partial charge on any atom is -0.478 e. The van der Waals surface area contributed by atoms with Crippen molar-refractivity contribution in [3.63, 3.8) is 0 Å². The van der Waals surface area contributed by atoms with E-state index in [0.29, 0.717) is 27.1 Å². The van der Waals surface area contributed by atoms with E-state index >= 15 is 0 Å². The summed E-state index contributed by atoms with van der Waals surface area (Å²) in [5.41, 5.74) is 4.39. The highest BCUT2D eigenvalue weighted by atomic mass is 35.5. The Morgan fingerprint density at radius 3 is 2.11 bits per heavy atom. The molecule has 5 rings (SSSR count). The van der Waals surface area contributed by atoms with Crippen LogP contribution in [-0.4, -0.2) is 12.4 Å². The van der Waals surface area contributed by atoms with E-state index in [2.05, 4.69) is 20.8 Å². The predicted octanol–water partition coefficient (Wildman–Crippen LogP) is 8.34. The molecule has 0 bridgehead atoms. The van der Waals surface area contributed by atoms with Crippen LogP contribution in [0.15, 0.2) is 106 Å². The summed E-state index contributed by atoms with van der Waals surface area (Å²) in [6.45, 7) is 6.09. The Morgan fingerprint density at radius 2 is 1.45 bits per heavy atom. The minimum absolute atomic E-state index is 0.0162. The largest absolute Gasteiger partial charge is 0.478 e. The zero-order valence-corrected chi connectivity index (χ0v) is 22.2. The van der Waals surface area contributed by atoms with Gasteiger partial charge in [-0.1, -0.05) is 111 Å². The SMILES string of the molecule is CC(C)(C)c1ccc(-c2oc3ccc(Cl)cc3c(=O)c2OCC(=O)c2ccc(-c3ccccc3)cc2)cc1. The van der Waals surface area contributed by atoms with Crippen LogP contribution in [0.1, 0.15) is 36.7 Å². The van der Waals surface area contributed by atoms with Crippen LogP contribution >= 0.6 is 11.6 Å². The smallest absolute Gasteiger partial charge is 0.235 e. The second-order valence-corrected chi connectivity index (χ2v) is 10.6. The molecule has 190 valence electrons. The summed E-state index contributed by atoms with van der Waals surface area (Å²) in [6, 6.07) is 30.0. The number of Topliss-reactive ketones (excluding diaryl/α,β-unsaturated/α-hetero) is 1. The van der Waals surface area contributed by atoms with E-state index in [1.807, 2.05) is 66.7 Å². The fraction of sp³-hybridized carbons (Fsp3) is 0.152. The van der Waals surface area contributed by atoms with E-state index in [1.54, 1.807) is 30.3 Å². The number of halogens is 1. The molecular weight excluding hydrogens is 496 g/mol. The Balaban J connectivity index is 1.47. The van der Waals surface area contributed by atoms with Gasteiger partial charge in [-0.15, -0.1) is 0 Å². The number of rotatable bonds is 6. The lowest BCUT2D eigenvalue weighted by molar-refractivity contribution is 0.0920. The third kappa shape index (κ3) is 5.27. The Morgan fingerprint density at radius 1 is 0.816 bits per heavy atom. The van der Waals surface area contributed by atoms with Crippen molar-refractivity contribution >= 4 is 28.4 Å². The zero-order valence-electron chi connectivity index (χ0n) is 21.5. The van der Waals surface area contributed by atoms with E-state index < -0.39 is 0 Å². The minimum atomic E-state index is -0.379. The van der Waals surface area contributed by atoms with Gasteiger partial charge >= 0.3 is 0 Å². The average Bonchev–Trinajstić information content (AvgIpc) is 2.93. The highest BCUT2D eigenvalue weighted by molar-refractivity contribution is 6.31. The van der Waals surface area contributed by atoms with Gasteiger partial charge in [0.05, 0.1) is 5.39 Å². The highest BCUT2D eigenvalue weighted by Gasteiger charge is 2.21. The molecule has 0 aliphatic heterocycles. The van der Waals surface area contributed by atoms with E-state index in [0.717, 1.165) is 16.7 Å². The van der Waals surface area contributed by atoms with Crippen molar-refractivity contribution < 1.29 is 13.9 Å². The molecule has 0 saturated carbocycles. The van der Waals surface area contributed by atoms with Gasteiger partial charge in [-0.05, 0) is 40.3 Å². The number of hydrogen-bond acceptors (Lipinski definition) is 4. The van der Waals surface area contributed by atoms with Crippen molar-refractivity contribution in [3.05, 3.63) is 123 Å². The molecule has 5 heteroatoms. The van der Waals surface area contributed by atoms with Crippen LogP contribution in [0.2, 0.25) is 5.02 Å². The first-order valence-corrected chi connectivity index (χ1v) is 12.8. The van der Waals surface area contributed by atoms with Gasteiger partial charge in [-0.25, -0.2) is 0 Å². The summed E-state index contributed by atoms with van der Waals surface area (Å²) in [7, 11) is 0. The van der Waals surface area contributed by atoms with E-state index in [9.17, 15) is 9.59 Å². The van der Waals surface area contributed by atoms with E-state index in [4.69, 9.17) is 20.8 Å². The van der Waals surface area contributed by atoms with Crippen molar-refractivity contribution in [1.29, 1.82) is 0 Å². The van der Waals surface area contributed by atoms with Crippen molar-refractivity contribution in [2.45, 2.75) is 26.2 Å². The van der Waals surface area contributed by atoms with Gasteiger partial charge in [0.25, 0.3) is 0 Å². The van der Waals surface area contributed by atoms with Crippen LogP contribution in [0.25, 0.3) is 33.4 Å². The summed E-state index contributed by atoms with van der Waals surface area (Å²) < 4.78 is 12.0. The van der Waals surface area contributed by atoms with Gasteiger partial charge in [-0.3, -0.25) is 9.59 Å². The Labute approximate surface area is 226 Å². The molecule has 1 aromatic heterocycles. The average molecular weight is 523 g/mol. The lowest BCUT2D eigenvalue weighted by Crippen LogP contribution is -2.17. The number of ether oxygens (including phenoxy) is 1. The van der Waals surface area contributed by atoms with E-state index in [-0.39, 0.29) is 34.7 Å².